The van der Waals surface area contributed by atoms with E-state index in [2.05, 4.69) is 75.6 Å². The van der Waals surface area contributed by atoms with Gasteiger partial charge in [0.25, 0.3) is 0 Å². The molecule has 1 aliphatic rings. The maximum Gasteiger partial charge on any atom is 0.104 e. The van der Waals surface area contributed by atoms with Crippen LogP contribution >= 0.6 is 0 Å². The molecule has 0 aliphatic heterocycles. The van der Waals surface area contributed by atoms with Crippen molar-refractivity contribution in [1.29, 1.82) is 0 Å². The van der Waals surface area contributed by atoms with Gasteiger partial charge >= 0.3 is 0 Å². The number of hydrogen-bond acceptors (Lipinski definition) is 0. The molecule has 1 aliphatic carbocycles. The number of quaternary nitrogens is 1. The second-order valence-electron chi connectivity index (χ2n) is 10.2. The van der Waals surface area contributed by atoms with E-state index in [1.54, 1.807) is 5.56 Å². The Morgan fingerprint density at radius 3 is 1.97 bits per heavy atom. The molecule has 0 radical (unpaired) electrons. The molecule has 0 saturated heterocycles. The molecule has 0 unspecified atom stereocenters. The lowest BCUT2D eigenvalue weighted by atomic mass is 9.80. The lowest BCUT2D eigenvalue weighted by Gasteiger charge is -2.42. The van der Waals surface area contributed by atoms with E-state index in [9.17, 15) is 0 Å². The maximum absolute atomic E-state index is 2.43. The molecule has 0 aromatic heterocycles. The van der Waals surface area contributed by atoms with Crippen LogP contribution in [0.1, 0.15) is 93.7 Å². The average Bonchev–Trinajstić information content (AvgIpc) is 2.77. The first-order valence-corrected chi connectivity index (χ1v) is 12.5. The first-order valence-electron chi connectivity index (χ1n) is 12.5. The van der Waals surface area contributed by atoms with Gasteiger partial charge in [0.15, 0.2) is 0 Å². The van der Waals surface area contributed by atoms with Gasteiger partial charge in [-0.15, -0.1) is 0 Å². The van der Waals surface area contributed by atoms with Crippen LogP contribution in [0.3, 0.4) is 0 Å². The van der Waals surface area contributed by atoms with E-state index in [0.717, 1.165) is 23.0 Å². The summed E-state index contributed by atoms with van der Waals surface area (Å²) in [6.07, 6.45) is 15.0. The van der Waals surface area contributed by atoms with E-state index in [-0.39, 0.29) is 24.0 Å². The molecule has 0 N–H and O–H groups in total. The van der Waals surface area contributed by atoms with Crippen molar-refractivity contribution in [2.45, 2.75) is 96.1 Å². The Labute approximate surface area is 209 Å². The molecule has 1 nitrogen and oxygen atoms in total. The van der Waals surface area contributed by atoms with Gasteiger partial charge in [-0.05, 0) is 42.7 Å². The van der Waals surface area contributed by atoms with Gasteiger partial charge in [-0.25, -0.2) is 0 Å². The van der Waals surface area contributed by atoms with Crippen LogP contribution in [0.2, 0.25) is 0 Å². The van der Waals surface area contributed by atoms with Crippen molar-refractivity contribution < 1.29 is 28.5 Å². The monoisotopic (exact) mass is 533 g/mol. The number of aryl methyl sites for hydroxylation is 1. The summed E-state index contributed by atoms with van der Waals surface area (Å²) in [4.78, 5) is 0. The van der Waals surface area contributed by atoms with Crippen LogP contribution in [0.4, 0.5) is 0 Å². The summed E-state index contributed by atoms with van der Waals surface area (Å²) in [5, 5.41) is 0. The van der Waals surface area contributed by atoms with Gasteiger partial charge in [-0.2, -0.15) is 0 Å². The van der Waals surface area contributed by atoms with Gasteiger partial charge < -0.3 is 28.5 Å². The molecule has 0 heterocycles. The lowest BCUT2D eigenvalue weighted by molar-refractivity contribution is -0.929. The second kappa shape index (κ2) is 13.6. The summed E-state index contributed by atoms with van der Waals surface area (Å²) in [6, 6.07) is 21.5. The summed E-state index contributed by atoms with van der Waals surface area (Å²) in [6.45, 7) is 3.43. The van der Waals surface area contributed by atoms with Crippen LogP contribution < -0.4 is 24.0 Å². The number of unbranched alkanes of at least 4 members (excludes halogenated alkanes) is 5. The van der Waals surface area contributed by atoms with Crippen molar-refractivity contribution in [3.8, 4) is 0 Å². The molecule has 0 spiro atoms. The van der Waals surface area contributed by atoms with E-state index in [0.29, 0.717) is 0 Å². The molecular formula is C29H44IN. The summed E-state index contributed by atoms with van der Waals surface area (Å²) in [7, 11) is 4.85. The standard InChI is InChI=1S/C29H44N.HI/c1-4-5-6-7-8-10-13-25-16-18-27(19-17-25)28-20-22-29(23-21-28)30(2,3)24-26-14-11-9-12-15-26;/h9,11-12,14-19,28-29H,4-8,10,13,20-24H2,1-3H3;1H/q+1;/p-1. The Morgan fingerprint density at radius 1 is 0.710 bits per heavy atom. The van der Waals surface area contributed by atoms with Crippen molar-refractivity contribution in [2.24, 2.45) is 0 Å². The predicted molar refractivity (Wildman–Crippen MR) is 131 cm³/mol. The van der Waals surface area contributed by atoms with Gasteiger partial charge in [0.2, 0.25) is 0 Å². The van der Waals surface area contributed by atoms with Gasteiger partial charge in [0, 0.05) is 18.4 Å². The Hall–Kier alpha value is -0.870. The quantitative estimate of drug-likeness (QED) is 0.219. The number of nitrogens with zero attached hydrogens (tertiary/aromatic N) is 1. The van der Waals surface area contributed by atoms with Crippen LogP contribution in [0.5, 0.6) is 0 Å². The predicted octanol–water partition coefficient (Wildman–Crippen LogP) is 4.90. The fourth-order valence-electron chi connectivity index (χ4n) is 5.36. The van der Waals surface area contributed by atoms with Gasteiger partial charge in [0.05, 0.1) is 20.1 Å². The molecule has 2 aromatic rings. The molecular weight excluding hydrogens is 489 g/mol. The summed E-state index contributed by atoms with van der Waals surface area (Å²) < 4.78 is 1.12. The van der Waals surface area contributed by atoms with E-state index < -0.39 is 0 Å². The Morgan fingerprint density at radius 2 is 1.32 bits per heavy atom. The highest BCUT2D eigenvalue weighted by Gasteiger charge is 2.33. The number of halogens is 1. The highest BCUT2D eigenvalue weighted by molar-refractivity contribution is 5.26. The molecule has 172 valence electrons. The second-order valence-corrected chi connectivity index (χ2v) is 10.2. The summed E-state index contributed by atoms with van der Waals surface area (Å²) >= 11 is 0. The fourth-order valence-corrected chi connectivity index (χ4v) is 5.36. The normalized spacial score (nSPS) is 19.1. The third-order valence-corrected chi connectivity index (χ3v) is 7.39. The van der Waals surface area contributed by atoms with E-state index in [1.807, 2.05) is 0 Å². The highest BCUT2D eigenvalue weighted by atomic mass is 127. The molecule has 2 aromatic carbocycles. The lowest BCUT2D eigenvalue weighted by Crippen LogP contribution is -3.00. The molecule has 3 rings (SSSR count). The van der Waals surface area contributed by atoms with Crippen molar-refractivity contribution in [3.05, 3.63) is 71.3 Å². The van der Waals surface area contributed by atoms with Gasteiger partial charge in [0.1, 0.15) is 6.54 Å². The zero-order valence-electron chi connectivity index (χ0n) is 20.2. The number of hydrogen-bond donors (Lipinski definition) is 0. The first-order chi connectivity index (χ1) is 14.6. The molecule has 1 fully saturated rings. The van der Waals surface area contributed by atoms with Crippen LogP contribution in [0.25, 0.3) is 0 Å². The molecule has 1 saturated carbocycles. The van der Waals surface area contributed by atoms with Crippen LogP contribution in [0.15, 0.2) is 54.6 Å². The minimum Gasteiger partial charge on any atom is -1.00 e. The van der Waals surface area contributed by atoms with Crippen LogP contribution in [-0.2, 0) is 13.0 Å². The van der Waals surface area contributed by atoms with E-state index >= 15 is 0 Å². The van der Waals surface area contributed by atoms with Crippen molar-refractivity contribution in [2.75, 3.05) is 14.1 Å². The zero-order chi connectivity index (χ0) is 21.2. The zero-order valence-corrected chi connectivity index (χ0v) is 22.3. The van der Waals surface area contributed by atoms with Gasteiger partial charge in [-0.1, -0.05) is 93.6 Å². The third kappa shape index (κ3) is 8.53. The summed E-state index contributed by atoms with van der Waals surface area (Å²) in [5.41, 5.74) is 4.57. The average molecular weight is 534 g/mol. The Bertz CT molecular complexity index is 714. The van der Waals surface area contributed by atoms with Crippen molar-refractivity contribution in [1.82, 2.24) is 0 Å². The largest absolute Gasteiger partial charge is 1.00 e. The molecule has 0 atom stereocenters. The van der Waals surface area contributed by atoms with Gasteiger partial charge in [-0.3, -0.25) is 0 Å². The highest BCUT2D eigenvalue weighted by Crippen LogP contribution is 2.37. The Balaban J connectivity index is 0.00000341. The minimum atomic E-state index is 0. The molecule has 2 heteroatoms. The summed E-state index contributed by atoms with van der Waals surface area (Å²) in [5.74, 6) is 0.765. The van der Waals surface area contributed by atoms with E-state index in [4.69, 9.17) is 0 Å². The van der Waals surface area contributed by atoms with Crippen LogP contribution in [-0.4, -0.2) is 24.6 Å². The smallest absolute Gasteiger partial charge is 0.104 e. The number of benzene rings is 2. The fraction of sp³-hybridized carbons (Fsp3) is 0.586. The Kier molecular flexibility index (Phi) is 11.6. The van der Waals surface area contributed by atoms with Crippen molar-refractivity contribution >= 4 is 0 Å². The molecule has 0 amide bonds. The first kappa shape index (κ1) is 26.4. The van der Waals surface area contributed by atoms with Crippen molar-refractivity contribution in [3.63, 3.8) is 0 Å². The SMILES string of the molecule is CCCCCCCCc1ccc(C2CCC([N+](C)(C)Cc3ccccc3)CC2)cc1.[I-]. The molecule has 0 bridgehead atoms. The minimum absolute atomic E-state index is 0. The topological polar surface area (TPSA) is 0 Å². The third-order valence-electron chi connectivity index (χ3n) is 7.39. The van der Waals surface area contributed by atoms with E-state index in [1.165, 1.54) is 81.8 Å². The van der Waals surface area contributed by atoms with Crippen LogP contribution in [0, 0.1) is 0 Å². The maximum atomic E-state index is 2.43. The molecule has 31 heavy (non-hydrogen) atoms. The number of rotatable bonds is 11.